The van der Waals surface area contributed by atoms with Crippen molar-refractivity contribution in [2.24, 2.45) is 17.4 Å². The smallest absolute Gasteiger partial charge is 0.411 e. The number of hydrogen-bond donors (Lipinski definition) is 2. The number of ether oxygens (including phenoxy) is 2. The molecule has 1 unspecified atom stereocenters. The van der Waals surface area contributed by atoms with Gasteiger partial charge in [-0.15, -0.1) is 0 Å². The molecule has 152 valence electrons. The minimum atomic E-state index is -0.879. The molecule has 0 saturated carbocycles. The summed E-state index contributed by atoms with van der Waals surface area (Å²) in [6.45, 7) is 12.7. The first-order chi connectivity index (χ1) is 13.0. The maximum absolute atomic E-state index is 11.1. The number of benzene rings is 1. The van der Waals surface area contributed by atoms with E-state index in [0.29, 0.717) is 12.5 Å². The van der Waals surface area contributed by atoms with E-state index in [-0.39, 0.29) is 11.4 Å². The first kappa shape index (κ1) is 21.7. The number of nitrogens with two attached hydrogens (primary N) is 2. The fraction of sp³-hybridized carbons (Fsp3) is 0.455. The zero-order valence-corrected chi connectivity index (χ0v) is 17.6. The Balaban J connectivity index is 2.31. The SMILES string of the molecule is Cc1c(-c2ccc(OCC(C)(N)CC(C)C)c(C)c2C)ccnc1OC(N)=O. The number of pyridine rings is 1. The molecule has 2 rings (SSSR count). The Morgan fingerprint density at radius 3 is 2.36 bits per heavy atom. The van der Waals surface area contributed by atoms with Crippen LogP contribution in [0.25, 0.3) is 11.1 Å². The third kappa shape index (κ3) is 5.23. The fourth-order valence-electron chi connectivity index (χ4n) is 3.48. The highest BCUT2D eigenvalue weighted by atomic mass is 16.6. The van der Waals surface area contributed by atoms with Gasteiger partial charge in [0.15, 0.2) is 0 Å². The third-order valence-corrected chi connectivity index (χ3v) is 4.81. The maximum atomic E-state index is 11.1. The maximum Gasteiger partial charge on any atom is 0.411 e. The van der Waals surface area contributed by atoms with Crippen LogP contribution in [0.15, 0.2) is 24.4 Å². The van der Waals surface area contributed by atoms with Crippen LogP contribution in [0.4, 0.5) is 4.79 Å². The molecule has 0 saturated heterocycles. The highest BCUT2D eigenvalue weighted by Gasteiger charge is 2.22. The Bertz CT molecular complexity index is 860. The summed E-state index contributed by atoms with van der Waals surface area (Å²) in [5.74, 6) is 1.55. The van der Waals surface area contributed by atoms with Crippen LogP contribution in [-0.2, 0) is 0 Å². The minimum Gasteiger partial charge on any atom is -0.491 e. The van der Waals surface area contributed by atoms with Crippen molar-refractivity contribution in [3.63, 3.8) is 0 Å². The molecule has 0 radical (unpaired) electrons. The lowest BCUT2D eigenvalue weighted by Gasteiger charge is -2.27. The normalized spacial score (nSPS) is 13.3. The van der Waals surface area contributed by atoms with Gasteiger partial charge in [-0.05, 0) is 74.4 Å². The van der Waals surface area contributed by atoms with Crippen molar-refractivity contribution in [3.8, 4) is 22.8 Å². The van der Waals surface area contributed by atoms with Gasteiger partial charge in [0.2, 0.25) is 5.88 Å². The lowest BCUT2D eigenvalue weighted by atomic mass is 9.92. The summed E-state index contributed by atoms with van der Waals surface area (Å²) >= 11 is 0. The predicted octanol–water partition coefficient (Wildman–Crippen LogP) is 4.27. The summed E-state index contributed by atoms with van der Waals surface area (Å²) in [4.78, 5) is 15.2. The van der Waals surface area contributed by atoms with E-state index in [2.05, 4.69) is 18.8 Å². The van der Waals surface area contributed by atoms with Crippen LogP contribution < -0.4 is 20.9 Å². The Morgan fingerprint density at radius 1 is 1.11 bits per heavy atom. The molecule has 1 atom stereocenters. The van der Waals surface area contributed by atoms with E-state index in [9.17, 15) is 4.79 Å². The van der Waals surface area contributed by atoms with Crippen molar-refractivity contribution in [1.82, 2.24) is 4.98 Å². The van der Waals surface area contributed by atoms with Crippen molar-refractivity contribution in [2.75, 3.05) is 6.61 Å². The average Bonchev–Trinajstić information content (AvgIpc) is 2.57. The summed E-state index contributed by atoms with van der Waals surface area (Å²) in [6, 6.07) is 5.85. The number of rotatable bonds is 7. The Labute approximate surface area is 167 Å². The molecule has 4 N–H and O–H groups in total. The van der Waals surface area contributed by atoms with E-state index in [1.165, 1.54) is 0 Å². The van der Waals surface area contributed by atoms with Gasteiger partial charge >= 0.3 is 6.09 Å². The molecule has 6 nitrogen and oxygen atoms in total. The van der Waals surface area contributed by atoms with Gasteiger partial charge in [-0.25, -0.2) is 9.78 Å². The quantitative estimate of drug-likeness (QED) is 0.741. The fourth-order valence-corrected chi connectivity index (χ4v) is 3.48. The second-order valence-corrected chi connectivity index (χ2v) is 8.11. The van der Waals surface area contributed by atoms with Crippen LogP contribution >= 0.6 is 0 Å². The lowest BCUT2D eigenvalue weighted by molar-refractivity contribution is 0.205. The number of carbonyl (C=O) groups excluding carboxylic acids is 1. The topological polar surface area (TPSA) is 100 Å². The van der Waals surface area contributed by atoms with Gasteiger partial charge in [0, 0.05) is 17.3 Å². The van der Waals surface area contributed by atoms with Crippen molar-refractivity contribution < 1.29 is 14.3 Å². The lowest BCUT2D eigenvalue weighted by Crippen LogP contribution is -2.43. The number of aromatic nitrogens is 1. The van der Waals surface area contributed by atoms with Gasteiger partial charge in [0.05, 0.1) is 0 Å². The molecule has 0 aliphatic rings. The van der Waals surface area contributed by atoms with Crippen molar-refractivity contribution in [3.05, 3.63) is 41.1 Å². The Kier molecular flexibility index (Phi) is 6.67. The van der Waals surface area contributed by atoms with Crippen molar-refractivity contribution in [1.29, 1.82) is 0 Å². The predicted molar refractivity (Wildman–Crippen MR) is 112 cm³/mol. The van der Waals surface area contributed by atoms with Crippen LogP contribution in [-0.4, -0.2) is 23.2 Å². The molecular formula is C22H31N3O3. The van der Waals surface area contributed by atoms with E-state index >= 15 is 0 Å². The summed E-state index contributed by atoms with van der Waals surface area (Å²) in [6.07, 6.45) is 1.61. The summed E-state index contributed by atoms with van der Waals surface area (Å²) < 4.78 is 11.1. The highest BCUT2D eigenvalue weighted by molar-refractivity contribution is 5.75. The molecule has 6 heteroatoms. The zero-order valence-electron chi connectivity index (χ0n) is 17.6. The largest absolute Gasteiger partial charge is 0.491 e. The van der Waals surface area contributed by atoms with E-state index in [0.717, 1.165) is 40.0 Å². The number of hydrogen-bond acceptors (Lipinski definition) is 5. The molecule has 0 bridgehead atoms. The first-order valence-corrected chi connectivity index (χ1v) is 9.47. The highest BCUT2D eigenvalue weighted by Crippen LogP contribution is 2.35. The van der Waals surface area contributed by atoms with Gasteiger partial charge in [-0.3, -0.25) is 0 Å². The number of nitrogens with zero attached hydrogens (tertiary/aromatic N) is 1. The number of primary amides is 1. The summed E-state index contributed by atoms with van der Waals surface area (Å²) in [7, 11) is 0. The molecule has 1 heterocycles. The van der Waals surface area contributed by atoms with Crippen LogP contribution in [0, 0.1) is 26.7 Å². The molecule has 0 fully saturated rings. The molecule has 1 aromatic heterocycles. The number of amides is 1. The van der Waals surface area contributed by atoms with E-state index in [4.69, 9.17) is 20.9 Å². The monoisotopic (exact) mass is 385 g/mol. The molecule has 1 aromatic carbocycles. The van der Waals surface area contributed by atoms with Crippen molar-refractivity contribution in [2.45, 2.75) is 53.5 Å². The van der Waals surface area contributed by atoms with Crippen LogP contribution in [0.3, 0.4) is 0 Å². The zero-order chi connectivity index (χ0) is 21.1. The van der Waals surface area contributed by atoms with E-state index < -0.39 is 6.09 Å². The number of carbonyl (C=O) groups is 1. The van der Waals surface area contributed by atoms with Gasteiger partial charge in [-0.1, -0.05) is 19.9 Å². The van der Waals surface area contributed by atoms with Gasteiger partial charge in [0.25, 0.3) is 0 Å². The summed E-state index contributed by atoms with van der Waals surface area (Å²) in [5, 5.41) is 0. The van der Waals surface area contributed by atoms with Gasteiger partial charge in [-0.2, -0.15) is 0 Å². The average molecular weight is 386 g/mol. The molecular weight excluding hydrogens is 354 g/mol. The molecule has 2 aromatic rings. The van der Waals surface area contributed by atoms with Gasteiger partial charge in [0.1, 0.15) is 12.4 Å². The molecule has 28 heavy (non-hydrogen) atoms. The second-order valence-electron chi connectivity index (χ2n) is 8.11. The first-order valence-electron chi connectivity index (χ1n) is 9.47. The molecule has 0 spiro atoms. The standard InChI is InChI=1S/C22H31N3O3/c1-13(2)11-22(6,24)12-27-19-8-7-17(14(3)15(19)4)18-9-10-25-20(16(18)5)28-21(23)26/h7-10,13H,11-12,24H2,1-6H3,(H2,23,26). The summed E-state index contributed by atoms with van der Waals surface area (Å²) in [5.41, 5.74) is 16.0. The van der Waals surface area contributed by atoms with Crippen LogP contribution in [0.2, 0.25) is 0 Å². The van der Waals surface area contributed by atoms with E-state index in [1.807, 2.05) is 45.9 Å². The third-order valence-electron chi connectivity index (χ3n) is 4.81. The van der Waals surface area contributed by atoms with Crippen LogP contribution in [0.5, 0.6) is 11.6 Å². The second kappa shape index (κ2) is 8.61. The Hall–Kier alpha value is -2.60. The minimum absolute atomic E-state index is 0.218. The molecule has 1 amide bonds. The van der Waals surface area contributed by atoms with Crippen molar-refractivity contribution >= 4 is 6.09 Å². The molecule has 0 aliphatic carbocycles. The van der Waals surface area contributed by atoms with Crippen LogP contribution in [0.1, 0.15) is 43.9 Å². The molecule has 0 aliphatic heterocycles. The van der Waals surface area contributed by atoms with E-state index in [1.54, 1.807) is 6.20 Å². The van der Waals surface area contributed by atoms with Gasteiger partial charge < -0.3 is 20.9 Å². The Morgan fingerprint density at radius 2 is 1.75 bits per heavy atom.